The quantitative estimate of drug-likeness (QED) is 0.789. The standard InChI is InChI=1S/C13H19N3/c1-4-10(3)16(5-2)13-8-11(9-14)6-7-12(13)15/h6-8,10H,4-5,15H2,1-3H3. The highest BCUT2D eigenvalue weighted by molar-refractivity contribution is 5.70. The van der Waals surface area contributed by atoms with Gasteiger partial charge in [0.15, 0.2) is 0 Å². The Labute approximate surface area is 97.5 Å². The van der Waals surface area contributed by atoms with Gasteiger partial charge in [-0.3, -0.25) is 0 Å². The average molecular weight is 217 g/mol. The molecule has 3 nitrogen and oxygen atoms in total. The highest BCUT2D eigenvalue weighted by Gasteiger charge is 2.14. The van der Waals surface area contributed by atoms with Crippen molar-refractivity contribution in [1.82, 2.24) is 0 Å². The number of hydrogen-bond donors (Lipinski definition) is 1. The monoisotopic (exact) mass is 217 g/mol. The topological polar surface area (TPSA) is 53.0 Å². The largest absolute Gasteiger partial charge is 0.397 e. The van der Waals surface area contributed by atoms with E-state index in [9.17, 15) is 0 Å². The smallest absolute Gasteiger partial charge is 0.0992 e. The molecular weight excluding hydrogens is 198 g/mol. The number of anilines is 2. The van der Waals surface area contributed by atoms with Crippen molar-refractivity contribution in [2.45, 2.75) is 33.2 Å². The molecule has 1 rings (SSSR count). The van der Waals surface area contributed by atoms with Gasteiger partial charge in [0, 0.05) is 12.6 Å². The van der Waals surface area contributed by atoms with Crippen LogP contribution in [0.2, 0.25) is 0 Å². The highest BCUT2D eigenvalue weighted by atomic mass is 15.2. The molecule has 0 bridgehead atoms. The van der Waals surface area contributed by atoms with Crippen LogP contribution in [0.5, 0.6) is 0 Å². The summed E-state index contributed by atoms with van der Waals surface area (Å²) in [7, 11) is 0. The van der Waals surface area contributed by atoms with Gasteiger partial charge in [0.2, 0.25) is 0 Å². The van der Waals surface area contributed by atoms with Gasteiger partial charge in [-0.15, -0.1) is 0 Å². The molecule has 0 aliphatic heterocycles. The lowest BCUT2D eigenvalue weighted by atomic mass is 10.1. The summed E-state index contributed by atoms with van der Waals surface area (Å²) >= 11 is 0. The molecule has 0 aliphatic rings. The fourth-order valence-electron chi connectivity index (χ4n) is 1.80. The van der Waals surface area contributed by atoms with Crippen molar-refractivity contribution in [2.75, 3.05) is 17.2 Å². The Balaban J connectivity index is 3.14. The lowest BCUT2D eigenvalue weighted by molar-refractivity contribution is 0.630. The van der Waals surface area contributed by atoms with E-state index in [0.29, 0.717) is 11.6 Å². The number of benzene rings is 1. The third-order valence-electron chi connectivity index (χ3n) is 2.93. The summed E-state index contributed by atoms with van der Waals surface area (Å²) < 4.78 is 0. The van der Waals surface area contributed by atoms with Gasteiger partial charge in [0.1, 0.15) is 0 Å². The van der Waals surface area contributed by atoms with Gasteiger partial charge in [-0.05, 0) is 38.5 Å². The predicted octanol–water partition coefficient (Wildman–Crippen LogP) is 2.77. The van der Waals surface area contributed by atoms with Crippen molar-refractivity contribution < 1.29 is 0 Å². The second-order valence-electron chi connectivity index (χ2n) is 3.93. The molecule has 0 fully saturated rings. The molecule has 0 heterocycles. The number of hydrogen-bond acceptors (Lipinski definition) is 3. The summed E-state index contributed by atoms with van der Waals surface area (Å²) in [6.07, 6.45) is 1.06. The molecule has 16 heavy (non-hydrogen) atoms. The lowest BCUT2D eigenvalue weighted by Gasteiger charge is -2.30. The first kappa shape index (κ1) is 12.4. The zero-order chi connectivity index (χ0) is 12.1. The van der Waals surface area contributed by atoms with Crippen molar-refractivity contribution in [3.05, 3.63) is 23.8 Å². The minimum absolute atomic E-state index is 0.432. The summed E-state index contributed by atoms with van der Waals surface area (Å²) in [5.41, 5.74) is 8.33. The Morgan fingerprint density at radius 1 is 1.44 bits per heavy atom. The first-order valence-electron chi connectivity index (χ1n) is 5.70. The number of nitrogens with two attached hydrogens (primary N) is 1. The summed E-state index contributed by atoms with van der Waals surface area (Å²) in [5, 5.41) is 8.89. The second kappa shape index (κ2) is 5.41. The van der Waals surface area contributed by atoms with Crippen molar-refractivity contribution in [3.63, 3.8) is 0 Å². The molecule has 3 heteroatoms. The molecule has 1 atom stereocenters. The molecule has 1 unspecified atom stereocenters. The molecule has 0 aliphatic carbocycles. The van der Waals surface area contributed by atoms with Gasteiger partial charge in [0.05, 0.1) is 23.0 Å². The van der Waals surface area contributed by atoms with Gasteiger partial charge >= 0.3 is 0 Å². The van der Waals surface area contributed by atoms with Gasteiger partial charge in [-0.2, -0.15) is 5.26 Å². The average Bonchev–Trinajstić information content (AvgIpc) is 2.32. The Hall–Kier alpha value is -1.69. The highest BCUT2D eigenvalue weighted by Crippen LogP contribution is 2.26. The van der Waals surface area contributed by atoms with E-state index in [4.69, 9.17) is 11.0 Å². The lowest BCUT2D eigenvalue weighted by Crippen LogP contribution is -2.32. The van der Waals surface area contributed by atoms with Crippen LogP contribution < -0.4 is 10.6 Å². The number of nitriles is 1. The van der Waals surface area contributed by atoms with Crippen LogP contribution in [0.15, 0.2) is 18.2 Å². The fraction of sp³-hybridized carbons (Fsp3) is 0.462. The minimum Gasteiger partial charge on any atom is -0.397 e. The van der Waals surface area contributed by atoms with E-state index < -0.39 is 0 Å². The van der Waals surface area contributed by atoms with E-state index >= 15 is 0 Å². The molecule has 86 valence electrons. The van der Waals surface area contributed by atoms with Crippen molar-refractivity contribution in [3.8, 4) is 6.07 Å². The predicted molar refractivity (Wildman–Crippen MR) is 68.3 cm³/mol. The van der Waals surface area contributed by atoms with Crippen LogP contribution >= 0.6 is 0 Å². The molecule has 0 saturated heterocycles. The molecule has 0 aromatic heterocycles. The zero-order valence-electron chi connectivity index (χ0n) is 10.2. The van der Waals surface area contributed by atoms with E-state index in [1.165, 1.54) is 0 Å². The summed E-state index contributed by atoms with van der Waals surface area (Å²) in [6.45, 7) is 7.32. The normalized spacial score (nSPS) is 11.9. The number of nitrogen functional groups attached to an aromatic ring is 1. The Kier molecular flexibility index (Phi) is 4.19. The van der Waals surface area contributed by atoms with Crippen LogP contribution in [0.4, 0.5) is 11.4 Å². The molecular formula is C13H19N3. The van der Waals surface area contributed by atoms with E-state index in [1.807, 2.05) is 6.07 Å². The molecule has 0 saturated carbocycles. The Bertz CT molecular complexity index is 393. The molecule has 1 aromatic rings. The molecule has 2 N–H and O–H groups in total. The third kappa shape index (κ3) is 2.46. The maximum atomic E-state index is 8.89. The third-order valence-corrected chi connectivity index (χ3v) is 2.93. The van der Waals surface area contributed by atoms with E-state index in [-0.39, 0.29) is 0 Å². The summed E-state index contributed by atoms with van der Waals surface area (Å²) in [4.78, 5) is 2.23. The number of rotatable bonds is 4. The number of nitrogens with zero attached hydrogens (tertiary/aromatic N) is 2. The maximum Gasteiger partial charge on any atom is 0.0992 e. The van der Waals surface area contributed by atoms with Gasteiger partial charge < -0.3 is 10.6 Å². The zero-order valence-corrected chi connectivity index (χ0v) is 10.2. The van der Waals surface area contributed by atoms with Crippen LogP contribution in [0.25, 0.3) is 0 Å². The van der Waals surface area contributed by atoms with Crippen molar-refractivity contribution in [1.29, 1.82) is 5.26 Å². The molecule has 1 aromatic carbocycles. The first-order valence-corrected chi connectivity index (χ1v) is 5.70. The van der Waals surface area contributed by atoms with Gasteiger partial charge in [0.25, 0.3) is 0 Å². The van der Waals surface area contributed by atoms with E-state index in [0.717, 1.165) is 24.3 Å². The van der Waals surface area contributed by atoms with Crippen LogP contribution in [-0.4, -0.2) is 12.6 Å². The molecule has 0 radical (unpaired) electrons. The summed E-state index contributed by atoms with van der Waals surface area (Å²) in [5.74, 6) is 0. The van der Waals surface area contributed by atoms with Crippen LogP contribution in [0.1, 0.15) is 32.8 Å². The van der Waals surface area contributed by atoms with Gasteiger partial charge in [-0.1, -0.05) is 6.92 Å². The summed E-state index contributed by atoms with van der Waals surface area (Å²) in [6, 6.07) is 8.00. The van der Waals surface area contributed by atoms with E-state index in [1.54, 1.807) is 12.1 Å². The maximum absolute atomic E-state index is 8.89. The fourth-order valence-corrected chi connectivity index (χ4v) is 1.80. The molecule has 0 spiro atoms. The second-order valence-corrected chi connectivity index (χ2v) is 3.93. The first-order chi connectivity index (χ1) is 7.63. The van der Waals surface area contributed by atoms with Crippen LogP contribution in [-0.2, 0) is 0 Å². The van der Waals surface area contributed by atoms with Crippen LogP contribution in [0, 0.1) is 11.3 Å². The van der Waals surface area contributed by atoms with Crippen molar-refractivity contribution in [2.24, 2.45) is 0 Å². The Morgan fingerprint density at radius 2 is 2.12 bits per heavy atom. The van der Waals surface area contributed by atoms with Crippen molar-refractivity contribution >= 4 is 11.4 Å². The van der Waals surface area contributed by atoms with Gasteiger partial charge in [-0.25, -0.2) is 0 Å². The SMILES string of the molecule is CCC(C)N(CC)c1cc(C#N)ccc1N. The molecule has 0 amide bonds. The Morgan fingerprint density at radius 3 is 2.62 bits per heavy atom. The minimum atomic E-state index is 0.432. The van der Waals surface area contributed by atoms with E-state index in [2.05, 4.69) is 31.7 Å². The van der Waals surface area contributed by atoms with Crippen LogP contribution in [0.3, 0.4) is 0 Å².